The molecule has 176 valence electrons. The van der Waals surface area contributed by atoms with Crippen LogP contribution in [0.1, 0.15) is 5.56 Å². The van der Waals surface area contributed by atoms with Crippen molar-refractivity contribution in [3.8, 4) is 5.88 Å². The minimum absolute atomic E-state index is 0.0532. The van der Waals surface area contributed by atoms with Gasteiger partial charge in [-0.1, -0.05) is 35.6 Å². The average molecular weight is 458 g/mol. The molecule has 0 saturated carbocycles. The molecule has 4 rings (SSSR count). The number of aliphatic hydroxyl groups excluding tert-OH is 2. The number of rotatable bonds is 11. The first-order chi connectivity index (χ1) is 16.3. The van der Waals surface area contributed by atoms with Crippen LogP contribution >= 0.6 is 0 Å². The number of ether oxygens (including phenoxy) is 2. The summed E-state index contributed by atoms with van der Waals surface area (Å²) in [6.07, 6.45) is 1.41. The van der Waals surface area contributed by atoms with E-state index in [4.69, 9.17) is 19.1 Å². The number of benzene rings is 1. The summed E-state index contributed by atoms with van der Waals surface area (Å²) in [7, 11) is 0. The molecule has 1 fully saturated rings. The molecule has 12 nitrogen and oxygen atoms in total. The molecule has 0 radical (unpaired) electrons. The van der Waals surface area contributed by atoms with Gasteiger partial charge in [0.15, 0.2) is 11.3 Å². The molecule has 0 spiro atoms. The number of aromatic nitrogens is 4. The summed E-state index contributed by atoms with van der Waals surface area (Å²) < 4.78 is 11.5. The Hall–Kier alpha value is -3.16. The Kier molecular flexibility index (Phi) is 8.11. The highest BCUT2D eigenvalue weighted by Crippen LogP contribution is 2.30. The van der Waals surface area contributed by atoms with E-state index in [1.54, 1.807) is 0 Å². The summed E-state index contributed by atoms with van der Waals surface area (Å²) in [4.78, 5) is 30.8. The van der Waals surface area contributed by atoms with Crippen LogP contribution in [-0.4, -0.2) is 82.9 Å². The zero-order chi connectivity index (χ0) is 22.9. The Bertz CT molecular complexity index is 1010. The molecule has 0 unspecified atom stereocenters. The van der Waals surface area contributed by atoms with Crippen molar-refractivity contribution in [1.29, 1.82) is 0 Å². The van der Waals surface area contributed by atoms with Gasteiger partial charge in [-0.3, -0.25) is 0 Å². The van der Waals surface area contributed by atoms with Crippen LogP contribution in [0.25, 0.3) is 11.0 Å². The van der Waals surface area contributed by atoms with E-state index in [9.17, 15) is 10.2 Å². The number of fused-ring (bicyclic) bond motifs is 1. The van der Waals surface area contributed by atoms with Crippen molar-refractivity contribution in [2.75, 3.05) is 62.9 Å². The van der Waals surface area contributed by atoms with Gasteiger partial charge >= 0.3 is 0 Å². The highest BCUT2D eigenvalue weighted by Gasteiger charge is 2.24. The molecule has 33 heavy (non-hydrogen) atoms. The molecular formula is C21H26N6O6. The maximum absolute atomic E-state index is 9.18. The Morgan fingerprint density at radius 3 is 2.36 bits per heavy atom. The van der Waals surface area contributed by atoms with Crippen LogP contribution in [0, 0.1) is 0 Å². The van der Waals surface area contributed by atoms with Crippen LogP contribution in [0.4, 0.5) is 11.8 Å². The van der Waals surface area contributed by atoms with Crippen molar-refractivity contribution in [2.24, 2.45) is 0 Å². The fraction of sp³-hybridized carbons (Fsp3) is 0.429. The number of hydrogen-bond acceptors (Lipinski definition) is 12. The lowest BCUT2D eigenvalue weighted by Gasteiger charge is -2.29. The van der Waals surface area contributed by atoms with Crippen molar-refractivity contribution >= 4 is 22.8 Å². The standard InChI is InChI=1S/C21H26N6O6/c28-8-12-32-27(33-13-9-29)21-24-18-17(19(25-21)26-6-10-30-11-7-26)22-15-23-20(18)31-14-16-4-2-1-3-5-16/h1-5,15,28-29H,6-14H2. The number of aliphatic hydroxyl groups is 2. The van der Waals surface area contributed by atoms with Gasteiger partial charge in [0.05, 0.1) is 26.4 Å². The van der Waals surface area contributed by atoms with Crippen LogP contribution in [0.5, 0.6) is 5.88 Å². The van der Waals surface area contributed by atoms with Gasteiger partial charge in [0.25, 0.3) is 5.95 Å². The lowest BCUT2D eigenvalue weighted by Crippen LogP contribution is -2.37. The van der Waals surface area contributed by atoms with Crippen LogP contribution in [-0.2, 0) is 21.0 Å². The van der Waals surface area contributed by atoms with Crippen molar-refractivity contribution < 1.29 is 29.4 Å². The predicted molar refractivity (Wildman–Crippen MR) is 117 cm³/mol. The lowest BCUT2D eigenvalue weighted by atomic mass is 10.2. The lowest BCUT2D eigenvalue weighted by molar-refractivity contribution is -0.106. The quantitative estimate of drug-likeness (QED) is 0.387. The van der Waals surface area contributed by atoms with E-state index in [2.05, 4.69) is 19.9 Å². The van der Waals surface area contributed by atoms with Crippen molar-refractivity contribution in [1.82, 2.24) is 19.9 Å². The zero-order valence-electron chi connectivity index (χ0n) is 18.0. The van der Waals surface area contributed by atoms with E-state index in [0.29, 0.717) is 49.8 Å². The molecule has 1 aromatic carbocycles. The number of anilines is 2. The van der Waals surface area contributed by atoms with E-state index in [1.807, 2.05) is 35.2 Å². The van der Waals surface area contributed by atoms with Crippen LogP contribution < -0.4 is 14.9 Å². The Labute approximate surface area is 190 Å². The molecule has 0 atom stereocenters. The molecule has 1 aliphatic heterocycles. The third-order valence-corrected chi connectivity index (χ3v) is 4.71. The minimum Gasteiger partial charge on any atom is -0.471 e. The molecule has 1 saturated heterocycles. The topological polar surface area (TPSA) is 135 Å². The SMILES string of the molecule is OCCON(OCCO)c1nc(N2CCOCC2)c2ncnc(OCc3ccccc3)c2n1. The molecule has 0 amide bonds. The zero-order valence-corrected chi connectivity index (χ0v) is 18.0. The van der Waals surface area contributed by atoms with Crippen LogP contribution in [0.15, 0.2) is 36.7 Å². The van der Waals surface area contributed by atoms with Gasteiger partial charge in [-0.15, -0.1) is 0 Å². The smallest absolute Gasteiger partial charge is 0.280 e. The normalized spacial score (nSPS) is 13.9. The minimum atomic E-state index is -0.239. The number of nitrogens with zero attached hydrogens (tertiary/aromatic N) is 6. The summed E-state index contributed by atoms with van der Waals surface area (Å²) in [5.41, 5.74) is 1.87. The van der Waals surface area contributed by atoms with Gasteiger partial charge in [-0.05, 0) is 5.56 Å². The Balaban J connectivity index is 1.74. The first-order valence-electron chi connectivity index (χ1n) is 10.6. The van der Waals surface area contributed by atoms with E-state index in [1.165, 1.54) is 6.33 Å². The fourth-order valence-corrected chi connectivity index (χ4v) is 3.21. The maximum atomic E-state index is 9.18. The van der Waals surface area contributed by atoms with Gasteiger partial charge in [0.2, 0.25) is 5.88 Å². The molecule has 2 N–H and O–H groups in total. The van der Waals surface area contributed by atoms with E-state index >= 15 is 0 Å². The first kappa shape index (κ1) is 23.0. The van der Waals surface area contributed by atoms with Crippen molar-refractivity contribution in [3.63, 3.8) is 0 Å². The second-order valence-corrected chi connectivity index (χ2v) is 6.97. The third kappa shape index (κ3) is 5.80. The largest absolute Gasteiger partial charge is 0.471 e. The summed E-state index contributed by atoms with van der Waals surface area (Å²) in [6, 6.07) is 9.71. The second-order valence-electron chi connectivity index (χ2n) is 6.97. The summed E-state index contributed by atoms with van der Waals surface area (Å²) >= 11 is 0. The van der Waals surface area contributed by atoms with Crippen LogP contribution in [0.2, 0.25) is 0 Å². The maximum Gasteiger partial charge on any atom is 0.280 e. The van der Waals surface area contributed by atoms with Gasteiger partial charge in [0.1, 0.15) is 31.7 Å². The molecule has 2 aromatic heterocycles. The predicted octanol–water partition coefficient (Wildman–Crippen LogP) is 0.490. The monoisotopic (exact) mass is 458 g/mol. The van der Waals surface area contributed by atoms with Gasteiger partial charge < -0.3 is 24.6 Å². The average Bonchev–Trinajstić information content (AvgIpc) is 2.88. The number of hydrogen-bond donors (Lipinski definition) is 2. The first-order valence-corrected chi connectivity index (χ1v) is 10.6. The Morgan fingerprint density at radius 1 is 0.939 bits per heavy atom. The highest BCUT2D eigenvalue weighted by molar-refractivity contribution is 5.89. The summed E-state index contributed by atoms with van der Waals surface area (Å²) in [5.74, 6) is 0.895. The van der Waals surface area contributed by atoms with Crippen molar-refractivity contribution in [3.05, 3.63) is 42.2 Å². The molecule has 3 aromatic rings. The molecule has 1 aliphatic rings. The molecule has 12 heteroatoms. The van der Waals surface area contributed by atoms with E-state index in [0.717, 1.165) is 10.8 Å². The fourth-order valence-electron chi connectivity index (χ4n) is 3.21. The van der Waals surface area contributed by atoms with E-state index < -0.39 is 0 Å². The van der Waals surface area contributed by atoms with E-state index in [-0.39, 0.29) is 38.3 Å². The second kappa shape index (κ2) is 11.6. The van der Waals surface area contributed by atoms with Gasteiger partial charge in [0, 0.05) is 13.1 Å². The third-order valence-electron chi connectivity index (χ3n) is 4.71. The summed E-state index contributed by atoms with van der Waals surface area (Å²) in [6.45, 7) is 2.05. The number of morpholine rings is 1. The molecular weight excluding hydrogens is 432 g/mol. The highest BCUT2D eigenvalue weighted by atomic mass is 17.0. The molecule has 3 heterocycles. The Morgan fingerprint density at radius 2 is 1.67 bits per heavy atom. The molecule has 0 aliphatic carbocycles. The van der Waals surface area contributed by atoms with Crippen LogP contribution in [0.3, 0.4) is 0 Å². The van der Waals surface area contributed by atoms with Gasteiger partial charge in [-0.2, -0.15) is 9.97 Å². The van der Waals surface area contributed by atoms with Crippen molar-refractivity contribution in [2.45, 2.75) is 6.61 Å². The molecule has 0 bridgehead atoms. The van der Waals surface area contributed by atoms with Gasteiger partial charge in [-0.25, -0.2) is 19.6 Å². The summed E-state index contributed by atoms with van der Waals surface area (Å²) in [5, 5.41) is 19.3.